The van der Waals surface area contributed by atoms with Crippen molar-refractivity contribution in [1.82, 2.24) is 9.97 Å². The van der Waals surface area contributed by atoms with Crippen LogP contribution in [-0.4, -0.2) is 9.97 Å². The van der Waals surface area contributed by atoms with Gasteiger partial charge in [-0.1, -0.05) is 30.3 Å². The maximum Gasteiger partial charge on any atom is 0.137 e. The minimum Gasteiger partial charge on any atom is -0.346 e. The van der Waals surface area contributed by atoms with Crippen LogP contribution in [0.3, 0.4) is 0 Å². The van der Waals surface area contributed by atoms with Crippen LogP contribution in [0.2, 0.25) is 0 Å². The molecule has 0 spiro atoms. The van der Waals surface area contributed by atoms with Gasteiger partial charge in [0, 0.05) is 17.8 Å². The molecule has 0 aliphatic carbocycles. The molecule has 2 nitrogen and oxygen atoms in total. The fourth-order valence-corrected chi connectivity index (χ4v) is 2.16. The summed E-state index contributed by atoms with van der Waals surface area (Å²) in [6.45, 7) is 0. The van der Waals surface area contributed by atoms with Crippen LogP contribution in [0.1, 0.15) is 11.1 Å². The van der Waals surface area contributed by atoms with Crippen molar-refractivity contribution in [1.29, 1.82) is 0 Å². The fraction of sp³-hybridized carbons (Fsp3) is 0.133. The molecule has 1 N–H and O–H groups in total. The van der Waals surface area contributed by atoms with Gasteiger partial charge in [0.1, 0.15) is 5.65 Å². The van der Waals surface area contributed by atoms with Crippen molar-refractivity contribution >= 4 is 11.0 Å². The van der Waals surface area contributed by atoms with Gasteiger partial charge in [0.15, 0.2) is 0 Å². The number of hydrogen-bond acceptors (Lipinski definition) is 1. The molecule has 0 aliphatic heterocycles. The number of rotatable bonds is 3. The third-order valence-electron chi connectivity index (χ3n) is 3.08. The number of aromatic amines is 1. The van der Waals surface area contributed by atoms with Crippen LogP contribution in [0.15, 0.2) is 54.9 Å². The van der Waals surface area contributed by atoms with Crippen molar-refractivity contribution in [3.63, 3.8) is 0 Å². The molecule has 0 fully saturated rings. The summed E-state index contributed by atoms with van der Waals surface area (Å²) in [6, 6.07) is 14.8. The zero-order chi connectivity index (χ0) is 11.5. The third-order valence-corrected chi connectivity index (χ3v) is 3.08. The number of benzene rings is 1. The summed E-state index contributed by atoms with van der Waals surface area (Å²) in [7, 11) is 0. The lowest BCUT2D eigenvalue weighted by Gasteiger charge is -2.03. The van der Waals surface area contributed by atoms with Crippen molar-refractivity contribution in [3.8, 4) is 0 Å². The Hall–Kier alpha value is -2.09. The quantitative estimate of drug-likeness (QED) is 0.723. The molecule has 2 heterocycles. The fourth-order valence-electron chi connectivity index (χ4n) is 2.16. The molecule has 0 aliphatic rings. The summed E-state index contributed by atoms with van der Waals surface area (Å²) in [5.41, 5.74) is 3.73. The monoisotopic (exact) mass is 222 g/mol. The molecule has 3 rings (SSSR count). The standard InChI is InChI=1S/C15H14N2/c1-2-4-12(5-3-1)6-7-13-8-10-16-15-14(13)9-11-17-15/h1-5,8-11H,6-7H2,(H,16,17). The van der Waals surface area contributed by atoms with Gasteiger partial charge in [0.2, 0.25) is 0 Å². The number of aryl methyl sites for hydroxylation is 2. The van der Waals surface area contributed by atoms with Crippen molar-refractivity contribution in [2.45, 2.75) is 12.8 Å². The second-order valence-corrected chi connectivity index (χ2v) is 4.20. The second-order valence-electron chi connectivity index (χ2n) is 4.20. The van der Waals surface area contributed by atoms with E-state index in [9.17, 15) is 0 Å². The Morgan fingerprint density at radius 1 is 0.941 bits per heavy atom. The van der Waals surface area contributed by atoms with E-state index in [4.69, 9.17) is 0 Å². The molecular formula is C15H14N2. The Labute approximate surface area is 100 Å². The van der Waals surface area contributed by atoms with E-state index in [-0.39, 0.29) is 0 Å². The molecule has 1 aromatic carbocycles. The summed E-state index contributed by atoms with van der Waals surface area (Å²) in [4.78, 5) is 7.45. The number of nitrogens with zero attached hydrogens (tertiary/aromatic N) is 1. The third kappa shape index (κ3) is 2.07. The molecule has 0 bridgehead atoms. The van der Waals surface area contributed by atoms with Crippen LogP contribution in [0, 0.1) is 0 Å². The van der Waals surface area contributed by atoms with E-state index in [0.717, 1.165) is 18.5 Å². The van der Waals surface area contributed by atoms with Gasteiger partial charge in [-0.3, -0.25) is 0 Å². The lowest BCUT2D eigenvalue weighted by Crippen LogP contribution is -1.92. The zero-order valence-electron chi connectivity index (χ0n) is 9.56. The summed E-state index contributed by atoms with van der Waals surface area (Å²) in [6.07, 6.45) is 5.95. The van der Waals surface area contributed by atoms with E-state index in [2.05, 4.69) is 52.4 Å². The van der Waals surface area contributed by atoms with Gasteiger partial charge < -0.3 is 4.98 Å². The van der Waals surface area contributed by atoms with E-state index >= 15 is 0 Å². The number of nitrogens with one attached hydrogen (secondary N) is 1. The molecule has 0 unspecified atom stereocenters. The van der Waals surface area contributed by atoms with Gasteiger partial charge in [-0.15, -0.1) is 0 Å². The number of hydrogen-bond donors (Lipinski definition) is 1. The van der Waals surface area contributed by atoms with E-state index in [0.29, 0.717) is 0 Å². The van der Waals surface area contributed by atoms with E-state index in [1.54, 1.807) is 0 Å². The summed E-state index contributed by atoms with van der Waals surface area (Å²) in [5, 5.41) is 1.24. The van der Waals surface area contributed by atoms with Gasteiger partial charge in [0.05, 0.1) is 0 Å². The average Bonchev–Trinajstić information content (AvgIpc) is 2.86. The summed E-state index contributed by atoms with van der Waals surface area (Å²) in [5.74, 6) is 0. The SMILES string of the molecule is c1ccc(CCc2ccnc3[nH]ccc23)cc1. The highest BCUT2D eigenvalue weighted by Gasteiger charge is 2.02. The highest BCUT2D eigenvalue weighted by atomic mass is 14.8. The highest BCUT2D eigenvalue weighted by Crippen LogP contribution is 2.17. The molecule has 17 heavy (non-hydrogen) atoms. The van der Waals surface area contributed by atoms with Crippen molar-refractivity contribution in [2.24, 2.45) is 0 Å². The molecule has 3 aromatic rings. The maximum absolute atomic E-state index is 4.30. The molecule has 0 saturated heterocycles. The lowest BCUT2D eigenvalue weighted by molar-refractivity contribution is 0.967. The van der Waals surface area contributed by atoms with E-state index in [1.807, 2.05) is 12.4 Å². The topological polar surface area (TPSA) is 28.7 Å². The van der Waals surface area contributed by atoms with Crippen molar-refractivity contribution in [3.05, 3.63) is 66.0 Å². The average molecular weight is 222 g/mol. The first-order valence-electron chi connectivity index (χ1n) is 5.88. The van der Waals surface area contributed by atoms with E-state index in [1.165, 1.54) is 16.5 Å². The van der Waals surface area contributed by atoms with Crippen LogP contribution in [-0.2, 0) is 12.8 Å². The van der Waals surface area contributed by atoms with Crippen LogP contribution >= 0.6 is 0 Å². The van der Waals surface area contributed by atoms with Crippen LogP contribution in [0.4, 0.5) is 0 Å². The molecule has 0 amide bonds. The molecule has 0 saturated carbocycles. The summed E-state index contributed by atoms with van der Waals surface area (Å²) < 4.78 is 0. The Morgan fingerprint density at radius 3 is 2.71 bits per heavy atom. The first-order chi connectivity index (χ1) is 8.43. The Kier molecular flexibility index (Phi) is 2.62. The maximum atomic E-state index is 4.30. The van der Waals surface area contributed by atoms with Gasteiger partial charge >= 0.3 is 0 Å². The normalized spacial score (nSPS) is 10.8. The van der Waals surface area contributed by atoms with Gasteiger partial charge in [-0.05, 0) is 36.1 Å². The van der Waals surface area contributed by atoms with Gasteiger partial charge in [0.25, 0.3) is 0 Å². The predicted octanol–water partition coefficient (Wildman–Crippen LogP) is 3.35. The zero-order valence-corrected chi connectivity index (χ0v) is 9.56. The first kappa shape index (κ1) is 10.1. The predicted molar refractivity (Wildman–Crippen MR) is 69.9 cm³/mol. The lowest BCUT2D eigenvalue weighted by atomic mass is 10.0. The Balaban J connectivity index is 1.84. The van der Waals surface area contributed by atoms with Gasteiger partial charge in [-0.25, -0.2) is 4.98 Å². The molecule has 2 heteroatoms. The number of fused-ring (bicyclic) bond motifs is 1. The highest BCUT2D eigenvalue weighted by molar-refractivity contribution is 5.79. The molecule has 0 atom stereocenters. The minimum absolute atomic E-state index is 0.982. The van der Waals surface area contributed by atoms with Crippen LogP contribution in [0.25, 0.3) is 11.0 Å². The Morgan fingerprint density at radius 2 is 1.82 bits per heavy atom. The molecular weight excluding hydrogens is 208 g/mol. The summed E-state index contributed by atoms with van der Waals surface area (Å²) >= 11 is 0. The van der Waals surface area contributed by atoms with Crippen LogP contribution < -0.4 is 0 Å². The minimum atomic E-state index is 0.982. The number of aromatic nitrogens is 2. The van der Waals surface area contributed by atoms with E-state index < -0.39 is 0 Å². The second kappa shape index (κ2) is 4.42. The number of pyridine rings is 1. The molecule has 0 radical (unpaired) electrons. The van der Waals surface area contributed by atoms with Crippen molar-refractivity contribution in [2.75, 3.05) is 0 Å². The Bertz CT molecular complexity index is 611. The number of H-pyrrole nitrogens is 1. The first-order valence-corrected chi connectivity index (χ1v) is 5.88. The van der Waals surface area contributed by atoms with Gasteiger partial charge in [-0.2, -0.15) is 0 Å². The molecule has 2 aromatic heterocycles. The van der Waals surface area contributed by atoms with Crippen molar-refractivity contribution < 1.29 is 0 Å². The molecule has 84 valence electrons. The smallest absolute Gasteiger partial charge is 0.137 e. The largest absolute Gasteiger partial charge is 0.346 e. The van der Waals surface area contributed by atoms with Crippen LogP contribution in [0.5, 0.6) is 0 Å².